The van der Waals surface area contributed by atoms with Gasteiger partial charge in [0.15, 0.2) is 0 Å². The Balaban J connectivity index is 2.18. The molecule has 0 radical (unpaired) electrons. The van der Waals surface area contributed by atoms with E-state index in [1.54, 1.807) is 43.5 Å². The molecule has 2 rings (SSSR count). The highest BCUT2D eigenvalue weighted by molar-refractivity contribution is 6.42. The van der Waals surface area contributed by atoms with Crippen molar-refractivity contribution in [2.45, 2.75) is 6.61 Å². The lowest BCUT2D eigenvalue weighted by Gasteiger charge is -2.11. The molecular formula is C17H14Cl2O4. The Hall–Kier alpha value is -2.17. The van der Waals surface area contributed by atoms with Crippen LogP contribution in [0.5, 0.6) is 11.5 Å². The molecule has 0 aromatic heterocycles. The van der Waals surface area contributed by atoms with Crippen molar-refractivity contribution in [3.05, 3.63) is 63.6 Å². The van der Waals surface area contributed by atoms with E-state index in [-0.39, 0.29) is 6.61 Å². The fraction of sp³-hybridized carbons (Fsp3) is 0.118. The van der Waals surface area contributed by atoms with E-state index in [1.807, 2.05) is 0 Å². The molecule has 0 saturated carbocycles. The molecule has 0 aliphatic heterocycles. The molecule has 0 heterocycles. The lowest BCUT2D eigenvalue weighted by atomic mass is 10.1. The molecule has 0 atom stereocenters. The van der Waals surface area contributed by atoms with Gasteiger partial charge in [-0.15, -0.1) is 0 Å². The zero-order chi connectivity index (χ0) is 16.8. The largest absolute Gasteiger partial charge is 0.496 e. The molecule has 0 aliphatic carbocycles. The van der Waals surface area contributed by atoms with E-state index in [0.29, 0.717) is 21.5 Å². The van der Waals surface area contributed by atoms with Gasteiger partial charge in [0, 0.05) is 17.7 Å². The highest BCUT2D eigenvalue weighted by atomic mass is 35.5. The number of ether oxygens (including phenoxy) is 2. The zero-order valence-electron chi connectivity index (χ0n) is 12.3. The molecule has 0 saturated heterocycles. The van der Waals surface area contributed by atoms with Crippen LogP contribution in [0.25, 0.3) is 6.08 Å². The van der Waals surface area contributed by atoms with Crippen molar-refractivity contribution in [1.29, 1.82) is 0 Å². The van der Waals surface area contributed by atoms with Gasteiger partial charge in [-0.2, -0.15) is 0 Å². The first kappa shape index (κ1) is 17.2. The quantitative estimate of drug-likeness (QED) is 0.767. The van der Waals surface area contributed by atoms with Crippen LogP contribution in [-0.2, 0) is 11.4 Å². The van der Waals surface area contributed by atoms with Gasteiger partial charge < -0.3 is 14.6 Å². The van der Waals surface area contributed by atoms with Gasteiger partial charge >= 0.3 is 5.97 Å². The number of hydrogen-bond donors (Lipinski definition) is 1. The zero-order valence-corrected chi connectivity index (χ0v) is 13.8. The predicted octanol–water partition coefficient (Wildman–Crippen LogP) is 4.68. The van der Waals surface area contributed by atoms with Crippen molar-refractivity contribution >= 4 is 35.2 Å². The van der Waals surface area contributed by atoms with Crippen LogP contribution in [0.15, 0.2) is 42.5 Å². The van der Waals surface area contributed by atoms with Crippen molar-refractivity contribution in [3.63, 3.8) is 0 Å². The monoisotopic (exact) mass is 352 g/mol. The van der Waals surface area contributed by atoms with E-state index >= 15 is 0 Å². The summed E-state index contributed by atoms with van der Waals surface area (Å²) < 4.78 is 11.0. The maximum Gasteiger partial charge on any atom is 0.328 e. The van der Waals surface area contributed by atoms with E-state index < -0.39 is 5.97 Å². The summed E-state index contributed by atoms with van der Waals surface area (Å²) in [7, 11) is 1.56. The molecule has 1 N–H and O–H groups in total. The van der Waals surface area contributed by atoms with Gasteiger partial charge in [-0.1, -0.05) is 29.3 Å². The summed E-state index contributed by atoms with van der Waals surface area (Å²) >= 11 is 11.8. The van der Waals surface area contributed by atoms with Crippen LogP contribution < -0.4 is 9.47 Å². The normalized spacial score (nSPS) is 10.7. The van der Waals surface area contributed by atoms with E-state index in [1.165, 1.54) is 6.08 Å². The summed E-state index contributed by atoms with van der Waals surface area (Å²) in [5.41, 5.74) is 1.52. The van der Waals surface area contributed by atoms with Crippen LogP contribution in [0.4, 0.5) is 0 Å². The number of benzene rings is 2. The van der Waals surface area contributed by atoms with Crippen molar-refractivity contribution < 1.29 is 19.4 Å². The third-order valence-electron chi connectivity index (χ3n) is 3.01. The van der Waals surface area contributed by atoms with Gasteiger partial charge in [-0.05, 0) is 35.9 Å². The Labute approximate surface area is 143 Å². The number of hydrogen-bond acceptors (Lipinski definition) is 3. The molecule has 0 unspecified atom stereocenters. The summed E-state index contributed by atoms with van der Waals surface area (Å²) in [6.07, 6.45) is 2.58. The Kier molecular flexibility index (Phi) is 5.90. The second-order valence-corrected chi connectivity index (χ2v) is 5.42. The fourth-order valence-electron chi connectivity index (χ4n) is 1.91. The highest BCUT2D eigenvalue weighted by Gasteiger charge is 2.06. The molecule has 0 amide bonds. The van der Waals surface area contributed by atoms with Crippen LogP contribution in [-0.4, -0.2) is 18.2 Å². The number of aliphatic carboxylic acids is 1. The smallest absolute Gasteiger partial charge is 0.328 e. The molecule has 0 aliphatic rings. The molecular weight excluding hydrogens is 339 g/mol. The van der Waals surface area contributed by atoms with Gasteiger partial charge in [0.25, 0.3) is 0 Å². The SMILES string of the molecule is COc1ccc(C=CC(=O)O)cc1COc1ccc(Cl)c(Cl)c1. The van der Waals surface area contributed by atoms with Gasteiger partial charge in [0.05, 0.1) is 17.2 Å². The Morgan fingerprint density at radius 3 is 2.61 bits per heavy atom. The van der Waals surface area contributed by atoms with Gasteiger partial charge in [0.1, 0.15) is 18.1 Å². The Bertz CT molecular complexity index is 741. The molecule has 6 heteroatoms. The standard InChI is InChI=1S/C17H14Cl2O4/c1-22-16-6-2-11(3-7-17(20)21)8-12(16)10-23-13-4-5-14(18)15(19)9-13/h2-9H,10H2,1H3,(H,20,21). The molecule has 0 fully saturated rings. The first-order valence-electron chi connectivity index (χ1n) is 6.65. The van der Waals surface area contributed by atoms with E-state index in [2.05, 4.69) is 0 Å². The number of rotatable bonds is 6. The summed E-state index contributed by atoms with van der Waals surface area (Å²) in [6, 6.07) is 10.3. The highest BCUT2D eigenvalue weighted by Crippen LogP contribution is 2.28. The van der Waals surface area contributed by atoms with Crippen molar-refractivity contribution in [2.75, 3.05) is 7.11 Å². The second-order valence-electron chi connectivity index (χ2n) is 4.61. The Morgan fingerprint density at radius 2 is 1.96 bits per heavy atom. The molecule has 2 aromatic rings. The number of carboxylic acids is 1. The molecule has 23 heavy (non-hydrogen) atoms. The van der Waals surface area contributed by atoms with E-state index in [9.17, 15) is 4.79 Å². The van der Waals surface area contributed by atoms with E-state index in [4.69, 9.17) is 37.8 Å². The van der Waals surface area contributed by atoms with Gasteiger partial charge in [0.2, 0.25) is 0 Å². The lowest BCUT2D eigenvalue weighted by Crippen LogP contribution is -1.99. The maximum absolute atomic E-state index is 10.6. The van der Waals surface area contributed by atoms with Crippen molar-refractivity contribution in [2.24, 2.45) is 0 Å². The van der Waals surface area contributed by atoms with Crippen LogP contribution in [0, 0.1) is 0 Å². The number of halogens is 2. The third kappa shape index (κ3) is 4.91. The molecule has 2 aromatic carbocycles. The first-order chi connectivity index (χ1) is 11.0. The van der Waals surface area contributed by atoms with Crippen LogP contribution in [0.3, 0.4) is 0 Å². The minimum absolute atomic E-state index is 0.246. The average Bonchev–Trinajstić information content (AvgIpc) is 2.54. The number of carbonyl (C=O) groups is 1. The minimum Gasteiger partial charge on any atom is -0.496 e. The summed E-state index contributed by atoms with van der Waals surface area (Å²) in [6.45, 7) is 0.246. The van der Waals surface area contributed by atoms with Crippen molar-refractivity contribution in [1.82, 2.24) is 0 Å². The van der Waals surface area contributed by atoms with Gasteiger partial charge in [-0.25, -0.2) is 4.79 Å². The number of carboxylic acid groups (broad SMARTS) is 1. The van der Waals surface area contributed by atoms with E-state index in [0.717, 1.165) is 17.2 Å². The van der Waals surface area contributed by atoms with Gasteiger partial charge in [-0.3, -0.25) is 0 Å². The number of methoxy groups -OCH3 is 1. The fourth-order valence-corrected chi connectivity index (χ4v) is 2.20. The summed E-state index contributed by atoms with van der Waals surface area (Å²) in [5, 5.41) is 9.55. The van der Waals surface area contributed by atoms with Crippen molar-refractivity contribution in [3.8, 4) is 11.5 Å². The maximum atomic E-state index is 10.6. The lowest BCUT2D eigenvalue weighted by molar-refractivity contribution is -0.131. The van der Waals surface area contributed by atoms with Crippen LogP contribution in [0.2, 0.25) is 10.0 Å². The third-order valence-corrected chi connectivity index (χ3v) is 3.75. The second kappa shape index (κ2) is 7.90. The molecule has 0 spiro atoms. The molecule has 120 valence electrons. The predicted molar refractivity (Wildman–Crippen MR) is 90.5 cm³/mol. The Morgan fingerprint density at radius 1 is 1.17 bits per heavy atom. The average molecular weight is 353 g/mol. The molecule has 0 bridgehead atoms. The summed E-state index contributed by atoms with van der Waals surface area (Å²) in [4.78, 5) is 10.6. The van der Waals surface area contributed by atoms with Crippen LogP contribution in [0.1, 0.15) is 11.1 Å². The summed E-state index contributed by atoms with van der Waals surface area (Å²) in [5.74, 6) is 0.222. The topological polar surface area (TPSA) is 55.8 Å². The minimum atomic E-state index is -1.01. The van der Waals surface area contributed by atoms with Crippen LogP contribution >= 0.6 is 23.2 Å². The molecule has 4 nitrogen and oxygen atoms in total. The first-order valence-corrected chi connectivity index (χ1v) is 7.41.